The number of alkyl carbamates (subject to hydrolysis) is 1. The second kappa shape index (κ2) is 7.04. The zero-order valence-electron chi connectivity index (χ0n) is 13.7. The molecule has 2 rings (SSSR count). The number of likely N-dealkylation sites (tertiary alicyclic amines) is 1. The van der Waals surface area contributed by atoms with E-state index in [9.17, 15) is 18.4 Å². The van der Waals surface area contributed by atoms with Gasteiger partial charge in [-0.2, -0.15) is 0 Å². The van der Waals surface area contributed by atoms with E-state index in [4.69, 9.17) is 4.74 Å². The lowest BCUT2D eigenvalue weighted by molar-refractivity contribution is 0.0502. The number of nitrogens with one attached hydrogen (secondary N) is 1. The third-order valence-electron chi connectivity index (χ3n) is 3.44. The molecule has 1 heterocycles. The molecule has 1 saturated heterocycles. The Kier molecular flexibility index (Phi) is 5.47. The molecule has 1 aliphatic heterocycles. The van der Waals surface area contributed by atoms with Crippen molar-refractivity contribution in [3.63, 3.8) is 0 Å². The minimum absolute atomic E-state index is 0.0230. The number of hydrogen-bond donors (Lipinski definition) is 1. The Labute approximate surface area is 147 Å². The maximum atomic E-state index is 13.8. The van der Waals surface area contributed by atoms with Gasteiger partial charge >= 0.3 is 6.09 Å². The molecule has 1 atom stereocenters. The third kappa shape index (κ3) is 4.66. The van der Waals surface area contributed by atoms with Crippen LogP contribution in [0.15, 0.2) is 16.6 Å². The van der Waals surface area contributed by atoms with Gasteiger partial charge in [-0.1, -0.05) is 0 Å². The van der Waals surface area contributed by atoms with Gasteiger partial charge in [0.05, 0.1) is 16.1 Å². The largest absolute Gasteiger partial charge is 0.444 e. The first-order valence-corrected chi connectivity index (χ1v) is 8.29. The van der Waals surface area contributed by atoms with Crippen LogP contribution in [-0.2, 0) is 4.74 Å². The van der Waals surface area contributed by atoms with Crippen LogP contribution in [0, 0.1) is 11.6 Å². The third-order valence-corrected chi connectivity index (χ3v) is 4.04. The summed E-state index contributed by atoms with van der Waals surface area (Å²) >= 11 is 2.94. The van der Waals surface area contributed by atoms with Crippen LogP contribution in [-0.4, -0.2) is 41.6 Å². The van der Waals surface area contributed by atoms with Gasteiger partial charge in [0.2, 0.25) is 0 Å². The Bertz CT molecular complexity index is 661. The van der Waals surface area contributed by atoms with Crippen molar-refractivity contribution in [3.05, 3.63) is 33.8 Å². The predicted molar refractivity (Wildman–Crippen MR) is 87.7 cm³/mol. The standard InChI is InChI=1S/C16H19BrF2N2O3/c1-16(2,3)24-15(23)20-9-4-5-21(8-9)14(22)10-6-11(17)13(19)7-12(10)18/h6-7,9H,4-5,8H2,1-3H3,(H,20,23)/t9-/m0/s1. The van der Waals surface area contributed by atoms with Gasteiger partial charge in [0, 0.05) is 19.2 Å². The summed E-state index contributed by atoms with van der Waals surface area (Å²) < 4.78 is 32.3. The number of rotatable bonds is 2. The maximum Gasteiger partial charge on any atom is 0.407 e. The Morgan fingerprint density at radius 3 is 2.58 bits per heavy atom. The topological polar surface area (TPSA) is 58.6 Å². The van der Waals surface area contributed by atoms with Crippen molar-refractivity contribution in [1.82, 2.24) is 10.2 Å². The molecule has 0 unspecified atom stereocenters. The number of nitrogens with zero attached hydrogens (tertiary/aromatic N) is 1. The molecule has 1 N–H and O–H groups in total. The van der Waals surface area contributed by atoms with E-state index in [-0.39, 0.29) is 22.6 Å². The van der Waals surface area contributed by atoms with Crippen molar-refractivity contribution < 1.29 is 23.1 Å². The van der Waals surface area contributed by atoms with E-state index >= 15 is 0 Å². The zero-order chi connectivity index (χ0) is 18.1. The fourth-order valence-corrected chi connectivity index (χ4v) is 2.74. The number of carbonyl (C=O) groups excluding carboxylic acids is 2. The molecule has 0 aromatic heterocycles. The van der Waals surface area contributed by atoms with Gasteiger partial charge in [-0.3, -0.25) is 4.79 Å². The van der Waals surface area contributed by atoms with Crippen LogP contribution < -0.4 is 5.32 Å². The zero-order valence-corrected chi connectivity index (χ0v) is 15.2. The van der Waals surface area contributed by atoms with Crippen LogP contribution in [0.4, 0.5) is 13.6 Å². The molecule has 8 heteroatoms. The minimum Gasteiger partial charge on any atom is -0.444 e. The van der Waals surface area contributed by atoms with Crippen molar-refractivity contribution in [1.29, 1.82) is 0 Å². The molecular weight excluding hydrogens is 386 g/mol. The molecule has 0 aliphatic carbocycles. The highest BCUT2D eigenvalue weighted by molar-refractivity contribution is 9.10. The average Bonchev–Trinajstić information content (AvgIpc) is 2.88. The summed E-state index contributed by atoms with van der Waals surface area (Å²) in [5.74, 6) is -2.22. The molecular formula is C16H19BrF2N2O3. The van der Waals surface area contributed by atoms with Gasteiger partial charge in [0.15, 0.2) is 0 Å². The molecule has 5 nitrogen and oxygen atoms in total. The molecule has 0 bridgehead atoms. The molecule has 1 aliphatic rings. The number of ether oxygens (including phenoxy) is 1. The second-order valence-corrected chi connectivity index (χ2v) is 7.48. The van der Waals surface area contributed by atoms with Gasteiger partial charge in [0.25, 0.3) is 5.91 Å². The van der Waals surface area contributed by atoms with E-state index in [2.05, 4.69) is 21.2 Å². The highest BCUT2D eigenvalue weighted by Crippen LogP contribution is 2.23. The maximum absolute atomic E-state index is 13.8. The summed E-state index contributed by atoms with van der Waals surface area (Å²) in [7, 11) is 0. The van der Waals surface area contributed by atoms with E-state index in [1.807, 2.05) is 0 Å². The first-order valence-electron chi connectivity index (χ1n) is 7.50. The summed E-state index contributed by atoms with van der Waals surface area (Å²) in [6.07, 6.45) is -0.0212. The molecule has 132 valence electrons. The summed E-state index contributed by atoms with van der Waals surface area (Å²) in [5.41, 5.74) is -0.817. The van der Waals surface area contributed by atoms with Gasteiger partial charge in [-0.15, -0.1) is 0 Å². The van der Waals surface area contributed by atoms with E-state index in [1.54, 1.807) is 20.8 Å². The van der Waals surface area contributed by atoms with Crippen LogP contribution in [0.25, 0.3) is 0 Å². The van der Waals surface area contributed by atoms with Crippen molar-refractivity contribution in [2.24, 2.45) is 0 Å². The number of halogens is 3. The average molecular weight is 405 g/mol. The van der Waals surface area contributed by atoms with Crippen molar-refractivity contribution >= 4 is 27.9 Å². The van der Waals surface area contributed by atoms with Crippen LogP contribution in [0.2, 0.25) is 0 Å². The monoisotopic (exact) mass is 404 g/mol. The normalized spacial score (nSPS) is 17.8. The summed E-state index contributed by atoms with van der Waals surface area (Å²) in [4.78, 5) is 25.6. The SMILES string of the molecule is CC(C)(C)OC(=O)N[C@H]1CCN(C(=O)c2cc(Br)c(F)cc2F)C1. The Morgan fingerprint density at radius 2 is 1.96 bits per heavy atom. The van der Waals surface area contributed by atoms with Crippen LogP contribution in [0.1, 0.15) is 37.6 Å². The molecule has 1 fully saturated rings. The number of amides is 2. The molecule has 2 amide bonds. The summed E-state index contributed by atoms with van der Waals surface area (Å²) in [5, 5.41) is 2.69. The lowest BCUT2D eigenvalue weighted by Crippen LogP contribution is -2.41. The first-order chi connectivity index (χ1) is 11.1. The van der Waals surface area contributed by atoms with Crippen molar-refractivity contribution in [2.45, 2.75) is 38.8 Å². The van der Waals surface area contributed by atoms with E-state index in [0.717, 1.165) is 6.07 Å². The Balaban J connectivity index is 1.99. The predicted octanol–water partition coefficient (Wildman–Crippen LogP) is 3.47. The summed E-state index contributed by atoms with van der Waals surface area (Å²) in [6.45, 7) is 5.88. The Hall–Kier alpha value is -1.70. The minimum atomic E-state index is -0.913. The van der Waals surface area contributed by atoms with Gasteiger partial charge in [-0.25, -0.2) is 13.6 Å². The number of carbonyl (C=O) groups is 2. The van der Waals surface area contributed by atoms with Gasteiger partial charge < -0.3 is 15.0 Å². The lowest BCUT2D eigenvalue weighted by Gasteiger charge is -2.22. The van der Waals surface area contributed by atoms with Crippen molar-refractivity contribution in [3.8, 4) is 0 Å². The Morgan fingerprint density at radius 1 is 1.29 bits per heavy atom. The molecule has 0 saturated carbocycles. The molecule has 24 heavy (non-hydrogen) atoms. The quantitative estimate of drug-likeness (QED) is 0.767. The fraction of sp³-hybridized carbons (Fsp3) is 0.500. The van der Waals surface area contributed by atoms with Gasteiger partial charge in [0.1, 0.15) is 17.2 Å². The fourth-order valence-electron chi connectivity index (χ4n) is 2.39. The molecule has 1 aromatic rings. The first kappa shape index (κ1) is 18.6. The summed E-state index contributed by atoms with van der Waals surface area (Å²) in [6, 6.07) is 1.53. The number of hydrogen-bond acceptors (Lipinski definition) is 3. The highest BCUT2D eigenvalue weighted by Gasteiger charge is 2.30. The highest BCUT2D eigenvalue weighted by atomic mass is 79.9. The molecule has 0 spiro atoms. The van der Waals surface area contributed by atoms with Crippen LogP contribution >= 0.6 is 15.9 Å². The molecule has 1 aromatic carbocycles. The second-order valence-electron chi connectivity index (χ2n) is 6.63. The van der Waals surface area contributed by atoms with E-state index in [0.29, 0.717) is 19.0 Å². The smallest absolute Gasteiger partial charge is 0.407 e. The number of benzene rings is 1. The molecule has 0 radical (unpaired) electrons. The lowest BCUT2D eigenvalue weighted by atomic mass is 10.2. The van der Waals surface area contributed by atoms with Crippen LogP contribution in [0.3, 0.4) is 0 Å². The van der Waals surface area contributed by atoms with Crippen LogP contribution in [0.5, 0.6) is 0 Å². The van der Waals surface area contributed by atoms with Gasteiger partial charge in [-0.05, 0) is 49.2 Å². The van der Waals surface area contributed by atoms with E-state index in [1.165, 1.54) is 4.90 Å². The van der Waals surface area contributed by atoms with E-state index < -0.39 is 29.2 Å². The van der Waals surface area contributed by atoms with Crippen molar-refractivity contribution in [2.75, 3.05) is 13.1 Å².